The van der Waals surface area contributed by atoms with E-state index in [-0.39, 0.29) is 18.0 Å². The summed E-state index contributed by atoms with van der Waals surface area (Å²) >= 11 is 0. The van der Waals surface area contributed by atoms with Crippen LogP contribution in [-0.2, 0) is 24.2 Å². The Morgan fingerprint density at radius 2 is 1.88 bits per heavy atom. The maximum Gasteiger partial charge on any atom is 0.258 e. The van der Waals surface area contributed by atoms with Gasteiger partial charge in [0.15, 0.2) is 0 Å². The summed E-state index contributed by atoms with van der Waals surface area (Å²) in [5.74, 6) is 0.459. The lowest BCUT2D eigenvalue weighted by Crippen LogP contribution is -2.41. The monoisotopic (exact) mass is 355 g/mol. The van der Waals surface area contributed by atoms with Crippen molar-refractivity contribution in [2.24, 2.45) is 0 Å². The molecule has 1 aliphatic heterocycles. The second-order valence-electron chi connectivity index (χ2n) is 7.36. The third-order valence-electron chi connectivity index (χ3n) is 5.37. The summed E-state index contributed by atoms with van der Waals surface area (Å²) in [6, 6.07) is 1.95. The summed E-state index contributed by atoms with van der Waals surface area (Å²) in [6.45, 7) is 5.45. The highest BCUT2D eigenvalue weighted by Crippen LogP contribution is 2.19. The number of hydrogen-bond donors (Lipinski definition) is 0. The number of piperidine rings is 1. The molecule has 4 rings (SSSR count). The fourth-order valence-corrected chi connectivity index (χ4v) is 4.03. The first-order valence-electron chi connectivity index (χ1n) is 9.48. The number of likely N-dealkylation sites (tertiary alicyclic amines) is 1. The quantitative estimate of drug-likeness (QED) is 0.837. The Bertz CT molecular complexity index is 905. The van der Waals surface area contributed by atoms with Crippen LogP contribution in [0.25, 0.3) is 5.95 Å². The van der Waals surface area contributed by atoms with Gasteiger partial charge in [-0.05, 0) is 58.4 Å². The summed E-state index contributed by atoms with van der Waals surface area (Å²) in [5, 5.41) is 4.50. The standard InChI is InChI=1S/C19H25N5O2/c1-13-11-14(2)24(21-13)19-20-16-8-6-7-15(16)18(26)23(19)12-17(25)22-9-4-3-5-10-22/h11H,3-10,12H2,1-2H3. The Morgan fingerprint density at radius 1 is 1.12 bits per heavy atom. The van der Waals surface area contributed by atoms with E-state index < -0.39 is 0 Å². The van der Waals surface area contributed by atoms with Gasteiger partial charge in [-0.25, -0.2) is 9.67 Å². The van der Waals surface area contributed by atoms with Crippen molar-refractivity contribution in [1.82, 2.24) is 24.2 Å². The smallest absolute Gasteiger partial charge is 0.258 e. The van der Waals surface area contributed by atoms with E-state index >= 15 is 0 Å². The molecule has 1 amide bonds. The number of hydrogen-bond acceptors (Lipinski definition) is 4. The molecule has 0 N–H and O–H groups in total. The second-order valence-corrected chi connectivity index (χ2v) is 7.36. The van der Waals surface area contributed by atoms with E-state index in [9.17, 15) is 9.59 Å². The van der Waals surface area contributed by atoms with Crippen molar-refractivity contribution in [2.45, 2.75) is 58.9 Å². The van der Waals surface area contributed by atoms with Crippen LogP contribution in [0.15, 0.2) is 10.9 Å². The molecule has 0 atom stereocenters. The molecule has 0 saturated carbocycles. The molecule has 1 aliphatic carbocycles. The minimum absolute atomic E-state index is 0.00525. The molecule has 2 aromatic heterocycles. The molecule has 7 nitrogen and oxygen atoms in total. The van der Waals surface area contributed by atoms with Crippen LogP contribution in [0, 0.1) is 13.8 Å². The molecule has 26 heavy (non-hydrogen) atoms. The number of fused-ring (bicyclic) bond motifs is 1. The molecular formula is C19H25N5O2. The Hall–Kier alpha value is -2.44. The first-order valence-corrected chi connectivity index (χ1v) is 9.48. The highest BCUT2D eigenvalue weighted by Gasteiger charge is 2.25. The molecule has 3 heterocycles. The van der Waals surface area contributed by atoms with Crippen molar-refractivity contribution in [3.63, 3.8) is 0 Å². The highest BCUT2D eigenvalue weighted by atomic mass is 16.2. The maximum atomic E-state index is 13.1. The number of carbonyl (C=O) groups excluding carboxylic acids is 1. The second kappa shape index (κ2) is 6.70. The van der Waals surface area contributed by atoms with Crippen LogP contribution in [0.1, 0.15) is 48.3 Å². The lowest BCUT2D eigenvalue weighted by Gasteiger charge is -2.27. The van der Waals surface area contributed by atoms with Crippen LogP contribution in [0.3, 0.4) is 0 Å². The van der Waals surface area contributed by atoms with Gasteiger partial charge in [-0.2, -0.15) is 5.10 Å². The number of carbonyl (C=O) groups is 1. The number of amides is 1. The zero-order valence-electron chi connectivity index (χ0n) is 15.5. The predicted molar refractivity (Wildman–Crippen MR) is 97.5 cm³/mol. The van der Waals surface area contributed by atoms with Crippen molar-refractivity contribution in [3.05, 3.63) is 39.1 Å². The average Bonchev–Trinajstić information content (AvgIpc) is 3.24. The predicted octanol–water partition coefficient (Wildman–Crippen LogP) is 1.55. The first-order chi connectivity index (χ1) is 12.5. The number of aromatic nitrogens is 4. The van der Waals surface area contributed by atoms with Crippen LogP contribution < -0.4 is 5.56 Å². The van der Waals surface area contributed by atoms with E-state index in [1.165, 1.54) is 11.0 Å². The van der Waals surface area contributed by atoms with Gasteiger partial charge in [-0.3, -0.25) is 14.2 Å². The van der Waals surface area contributed by atoms with E-state index in [1.54, 1.807) is 4.68 Å². The topological polar surface area (TPSA) is 73.0 Å². The Morgan fingerprint density at radius 3 is 2.58 bits per heavy atom. The molecule has 0 bridgehead atoms. The van der Waals surface area contributed by atoms with E-state index in [2.05, 4.69) is 5.10 Å². The van der Waals surface area contributed by atoms with E-state index in [1.807, 2.05) is 24.8 Å². The van der Waals surface area contributed by atoms with Crippen LogP contribution in [0.4, 0.5) is 0 Å². The van der Waals surface area contributed by atoms with Crippen LogP contribution >= 0.6 is 0 Å². The largest absolute Gasteiger partial charge is 0.341 e. The molecule has 138 valence electrons. The van der Waals surface area contributed by atoms with Gasteiger partial charge in [0.2, 0.25) is 11.9 Å². The first kappa shape index (κ1) is 17.0. The summed E-state index contributed by atoms with van der Waals surface area (Å²) in [5.41, 5.74) is 3.32. The van der Waals surface area contributed by atoms with Gasteiger partial charge < -0.3 is 4.90 Å². The number of rotatable bonds is 3. The fraction of sp³-hybridized carbons (Fsp3) is 0.579. The normalized spacial score (nSPS) is 16.8. The summed E-state index contributed by atoms with van der Waals surface area (Å²) in [4.78, 5) is 32.5. The molecule has 7 heteroatoms. The van der Waals surface area contributed by atoms with Gasteiger partial charge in [0, 0.05) is 24.3 Å². The summed E-state index contributed by atoms with van der Waals surface area (Å²) in [7, 11) is 0. The molecule has 1 fully saturated rings. The Kier molecular flexibility index (Phi) is 4.38. The molecule has 2 aromatic rings. The van der Waals surface area contributed by atoms with Crippen LogP contribution in [0.2, 0.25) is 0 Å². The number of aryl methyl sites for hydroxylation is 3. The lowest BCUT2D eigenvalue weighted by atomic mass is 10.1. The molecule has 0 spiro atoms. The highest BCUT2D eigenvalue weighted by molar-refractivity contribution is 5.76. The minimum Gasteiger partial charge on any atom is -0.341 e. The van der Waals surface area contributed by atoms with E-state index in [0.717, 1.165) is 67.8 Å². The van der Waals surface area contributed by atoms with Crippen LogP contribution in [-0.4, -0.2) is 43.2 Å². The van der Waals surface area contributed by atoms with Crippen LogP contribution in [0.5, 0.6) is 0 Å². The van der Waals surface area contributed by atoms with Crippen molar-refractivity contribution in [2.75, 3.05) is 13.1 Å². The number of nitrogens with zero attached hydrogens (tertiary/aromatic N) is 5. The van der Waals surface area contributed by atoms with Gasteiger partial charge in [0.05, 0.1) is 11.4 Å². The van der Waals surface area contributed by atoms with Gasteiger partial charge in [-0.1, -0.05) is 0 Å². The summed E-state index contributed by atoms with van der Waals surface area (Å²) in [6.07, 6.45) is 5.74. The van der Waals surface area contributed by atoms with Crippen molar-refractivity contribution in [1.29, 1.82) is 0 Å². The van der Waals surface area contributed by atoms with E-state index in [0.29, 0.717) is 5.95 Å². The van der Waals surface area contributed by atoms with E-state index in [4.69, 9.17) is 4.98 Å². The van der Waals surface area contributed by atoms with Gasteiger partial charge in [-0.15, -0.1) is 0 Å². The molecule has 0 aromatic carbocycles. The fourth-order valence-electron chi connectivity index (χ4n) is 4.03. The lowest BCUT2D eigenvalue weighted by molar-refractivity contribution is -0.132. The van der Waals surface area contributed by atoms with Crippen molar-refractivity contribution < 1.29 is 4.79 Å². The Labute approximate surface area is 152 Å². The summed E-state index contributed by atoms with van der Waals surface area (Å²) < 4.78 is 3.22. The van der Waals surface area contributed by atoms with Gasteiger partial charge in [0.1, 0.15) is 6.54 Å². The molecule has 1 saturated heterocycles. The third kappa shape index (κ3) is 2.95. The van der Waals surface area contributed by atoms with Crippen molar-refractivity contribution in [3.8, 4) is 5.95 Å². The SMILES string of the molecule is Cc1cc(C)n(-c2nc3c(c(=O)n2CC(=O)N2CCCCC2)CCC3)n1. The van der Waals surface area contributed by atoms with Crippen molar-refractivity contribution >= 4 is 5.91 Å². The zero-order valence-corrected chi connectivity index (χ0v) is 15.5. The van der Waals surface area contributed by atoms with Gasteiger partial charge >= 0.3 is 0 Å². The minimum atomic E-state index is -0.0830. The molecule has 2 aliphatic rings. The third-order valence-corrected chi connectivity index (χ3v) is 5.37. The van der Waals surface area contributed by atoms with Gasteiger partial charge in [0.25, 0.3) is 5.56 Å². The molecular weight excluding hydrogens is 330 g/mol. The zero-order chi connectivity index (χ0) is 18.3. The Balaban J connectivity index is 1.78. The molecule has 0 unspecified atom stereocenters. The maximum absolute atomic E-state index is 13.1. The molecule has 0 radical (unpaired) electrons. The average molecular weight is 355 g/mol.